The third-order valence-corrected chi connectivity index (χ3v) is 12.3. The van der Waals surface area contributed by atoms with Crippen LogP contribution in [0.1, 0.15) is 0 Å². The standard InChI is InChI=1S/C57H35N5O/c1-3-15-36(16-4-1)55-58-56(37-17-5-2-6-18-37)60-57(59-55)40-21-13-19-38(31-40)39-20-14-22-41(32-39)61-49-26-10-7-23-43(49)46-33-42(29-30-51(46)61)62-50-27-11-8-24-44(50)47-35-54-48(34-52(47)62)45-25-9-12-28-53(45)63-54/h1-35H. The molecule has 294 valence electrons. The van der Waals surface area contributed by atoms with Gasteiger partial charge in [0.15, 0.2) is 17.5 Å². The second kappa shape index (κ2) is 14.0. The molecule has 0 N–H and O–H groups in total. The highest BCUT2D eigenvalue weighted by Gasteiger charge is 2.19. The third-order valence-electron chi connectivity index (χ3n) is 12.3. The molecule has 0 amide bonds. The first-order valence-electron chi connectivity index (χ1n) is 21.2. The molecular weight excluding hydrogens is 771 g/mol. The van der Waals surface area contributed by atoms with Crippen molar-refractivity contribution in [3.05, 3.63) is 212 Å². The van der Waals surface area contributed by atoms with Gasteiger partial charge in [-0.05, 0) is 77.9 Å². The minimum atomic E-state index is 0.629. The van der Waals surface area contributed by atoms with Crippen molar-refractivity contribution in [2.75, 3.05) is 0 Å². The maximum Gasteiger partial charge on any atom is 0.164 e. The van der Waals surface area contributed by atoms with Crippen molar-refractivity contribution < 1.29 is 4.42 Å². The molecule has 4 aromatic heterocycles. The first-order chi connectivity index (χ1) is 31.2. The van der Waals surface area contributed by atoms with E-state index in [4.69, 9.17) is 19.4 Å². The van der Waals surface area contributed by atoms with Gasteiger partial charge < -0.3 is 13.6 Å². The van der Waals surface area contributed by atoms with Crippen LogP contribution in [0.4, 0.5) is 0 Å². The molecule has 0 aliphatic heterocycles. The second-order valence-electron chi connectivity index (χ2n) is 16.0. The van der Waals surface area contributed by atoms with Crippen LogP contribution in [-0.2, 0) is 0 Å². The summed E-state index contributed by atoms with van der Waals surface area (Å²) in [4.78, 5) is 14.9. The lowest BCUT2D eigenvalue weighted by Crippen LogP contribution is -2.00. The molecule has 0 fully saturated rings. The number of hydrogen-bond acceptors (Lipinski definition) is 4. The van der Waals surface area contributed by atoms with Gasteiger partial charge in [-0.15, -0.1) is 0 Å². The molecule has 13 aromatic rings. The van der Waals surface area contributed by atoms with E-state index in [2.05, 4.69) is 149 Å². The molecule has 4 heterocycles. The fourth-order valence-electron chi connectivity index (χ4n) is 9.44. The highest BCUT2D eigenvalue weighted by molar-refractivity contribution is 6.17. The maximum atomic E-state index is 6.36. The van der Waals surface area contributed by atoms with Gasteiger partial charge >= 0.3 is 0 Å². The average molecular weight is 806 g/mol. The van der Waals surface area contributed by atoms with Crippen molar-refractivity contribution in [1.29, 1.82) is 0 Å². The summed E-state index contributed by atoms with van der Waals surface area (Å²) in [5, 5.41) is 7.00. The minimum absolute atomic E-state index is 0.629. The predicted octanol–water partition coefficient (Wildman–Crippen LogP) is 14.6. The van der Waals surface area contributed by atoms with E-state index in [1.54, 1.807) is 0 Å². The molecule has 0 saturated carbocycles. The SMILES string of the molecule is c1ccc(-c2nc(-c3ccccc3)nc(-c3cccc(-c4cccc(-n5c6ccccc6c6cc(-n7c8ccccc8c8cc9oc%10ccccc%10c9cc87)ccc65)c4)c3)n2)cc1. The lowest BCUT2D eigenvalue weighted by atomic mass is 10.0. The summed E-state index contributed by atoms with van der Waals surface area (Å²) in [7, 11) is 0. The van der Waals surface area contributed by atoms with Crippen LogP contribution in [0.5, 0.6) is 0 Å². The van der Waals surface area contributed by atoms with E-state index in [1.807, 2.05) is 72.8 Å². The van der Waals surface area contributed by atoms with Crippen LogP contribution in [0, 0.1) is 0 Å². The number of furan rings is 1. The Balaban J connectivity index is 0.939. The lowest BCUT2D eigenvalue weighted by Gasteiger charge is -2.12. The van der Waals surface area contributed by atoms with Crippen LogP contribution in [0.3, 0.4) is 0 Å². The van der Waals surface area contributed by atoms with Gasteiger partial charge in [-0.2, -0.15) is 0 Å². The largest absolute Gasteiger partial charge is 0.456 e. The zero-order chi connectivity index (χ0) is 41.4. The lowest BCUT2D eigenvalue weighted by molar-refractivity contribution is 0.669. The van der Waals surface area contributed by atoms with Gasteiger partial charge in [0.25, 0.3) is 0 Å². The van der Waals surface area contributed by atoms with Crippen LogP contribution >= 0.6 is 0 Å². The first kappa shape index (κ1) is 35.2. The Kier molecular flexibility index (Phi) is 7.80. The normalized spacial score (nSPS) is 11.8. The molecule has 0 saturated heterocycles. The molecule has 0 aliphatic rings. The van der Waals surface area contributed by atoms with Crippen LogP contribution in [0.2, 0.25) is 0 Å². The summed E-state index contributed by atoms with van der Waals surface area (Å²) in [6.45, 7) is 0. The summed E-state index contributed by atoms with van der Waals surface area (Å²) >= 11 is 0. The monoisotopic (exact) mass is 805 g/mol. The van der Waals surface area contributed by atoms with Gasteiger partial charge in [0.1, 0.15) is 11.2 Å². The topological polar surface area (TPSA) is 61.7 Å². The highest BCUT2D eigenvalue weighted by atomic mass is 16.3. The Hall–Kier alpha value is -8.61. The summed E-state index contributed by atoms with van der Waals surface area (Å²) < 4.78 is 11.2. The quantitative estimate of drug-likeness (QED) is 0.168. The van der Waals surface area contributed by atoms with Crippen molar-refractivity contribution in [1.82, 2.24) is 24.1 Å². The Morgan fingerprint density at radius 3 is 1.46 bits per heavy atom. The fourth-order valence-corrected chi connectivity index (χ4v) is 9.44. The summed E-state index contributed by atoms with van der Waals surface area (Å²) in [6.07, 6.45) is 0. The average Bonchev–Trinajstić information content (AvgIpc) is 4.00. The molecule has 13 rings (SSSR count). The summed E-state index contributed by atoms with van der Waals surface area (Å²) in [6, 6.07) is 74.6. The van der Waals surface area contributed by atoms with Crippen LogP contribution in [0.25, 0.3) is 122 Å². The van der Waals surface area contributed by atoms with Gasteiger partial charge in [-0.1, -0.05) is 146 Å². The molecule has 0 aliphatic carbocycles. The molecule has 6 heteroatoms. The molecule has 0 atom stereocenters. The number of benzene rings is 9. The van der Waals surface area contributed by atoms with E-state index in [0.29, 0.717) is 17.5 Å². The van der Waals surface area contributed by atoms with Crippen molar-refractivity contribution in [2.45, 2.75) is 0 Å². The number of para-hydroxylation sites is 3. The number of aromatic nitrogens is 5. The van der Waals surface area contributed by atoms with E-state index < -0.39 is 0 Å². The minimum Gasteiger partial charge on any atom is -0.456 e. The van der Waals surface area contributed by atoms with E-state index in [9.17, 15) is 0 Å². The van der Waals surface area contributed by atoms with Crippen molar-refractivity contribution >= 4 is 65.6 Å². The van der Waals surface area contributed by atoms with E-state index in [1.165, 1.54) is 21.5 Å². The Morgan fingerprint density at radius 2 is 0.762 bits per heavy atom. The Labute approximate surface area is 361 Å². The summed E-state index contributed by atoms with van der Waals surface area (Å²) in [5.41, 5.74) is 13.6. The highest BCUT2D eigenvalue weighted by Crippen LogP contribution is 2.40. The zero-order valence-electron chi connectivity index (χ0n) is 33.9. The smallest absolute Gasteiger partial charge is 0.164 e. The van der Waals surface area contributed by atoms with Crippen molar-refractivity contribution in [2.24, 2.45) is 0 Å². The van der Waals surface area contributed by atoms with Crippen LogP contribution in [0.15, 0.2) is 217 Å². The molecule has 0 unspecified atom stereocenters. The third kappa shape index (κ3) is 5.69. The van der Waals surface area contributed by atoms with Gasteiger partial charge in [0.2, 0.25) is 0 Å². The zero-order valence-corrected chi connectivity index (χ0v) is 33.9. The number of hydrogen-bond donors (Lipinski definition) is 0. The molecule has 0 bridgehead atoms. The van der Waals surface area contributed by atoms with Gasteiger partial charge in [0.05, 0.1) is 22.1 Å². The molecule has 0 spiro atoms. The van der Waals surface area contributed by atoms with Crippen molar-refractivity contribution in [3.63, 3.8) is 0 Å². The fraction of sp³-hybridized carbons (Fsp3) is 0. The number of fused-ring (bicyclic) bond motifs is 9. The molecule has 9 aromatic carbocycles. The Morgan fingerprint density at radius 1 is 0.270 bits per heavy atom. The second-order valence-corrected chi connectivity index (χ2v) is 16.0. The summed E-state index contributed by atoms with van der Waals surface area (Å²) in [5.74, 6) is 1.91. The van der Waals surface area contributed by atoms with Gasteiger partial charge in [-0.3, -0.25) is 0 Å². The molecule has 0 radical (unpaired) electrons. The van der Waals surface area contributed by atoms with Crippen LogP contribution in [-0.4, -0.2) is 24.1 Å². The maximum absolute atomic E-state index is 6.36. The number of rotatable bonds is 6. The molecular formula is C57H35N5O. The van der Waals surface area contributed by atoms with E-state index >= 15 is 0 Å². The van der Waals surface area contributed by atoms with Gasteiger partial charge in [0, 0.05) is 60.4 Å². The predicted molar refractivity (Wildman–Crippen MR) is 258 cm³/mol. The van der Waals surface area contributed by atoms with Gasteiger partial charge in [-0.25, -0.2) is 15.0 Å². The molecule has 63 heavy (non-hydrogen) atoms. The van der Waals surface area contributed by atoms with Crippen LogP contribution < -0.4 is 0 Å². The molecule has 6 nitrogen and oxygen atoms in total. The van der Waals surface area contributed by atoms with Crippen molar-refractivity contribution in [3.8, 4) is 56.7 Å². The van der Waals surface area contributed by atoms with E-state index in [0.717, 1.165) is 83.2 Å². The first-order valence-corrected chi connectivity index (χ1v) is 21.2. The van der Waals surface area contributed by atoms with E-state index in [-0.39, 0.29) is 0 Å². The number of nitrogens with zero attached hydrogens (tertiary/aromatic N) is 5. The Bertz CT molecular complexity index is 3860.